The van der Waals surface area contributed by atoms with Crippen LogP contribution in [0.5, 0.6) is 0 Å². The third-order valence-electron chi connectivity index (χ3n) is 3.36. The summed E-state index contributed by atoms with van der Waals surface area (Å²) in [5, 5.41) is 0. The van der Waals surface area contributed by atoms with Crippen molar-refractivity contribution in [2.24, 2.45) is 0 Å². The quantitative estimate of drug-likeness (QED) is 0.664. The normalized spacial score (nSPS) is 19.6. The van der Waals surface area contributed by atoms with Crippen LogP contribution in [0.25, 0.3) is 0 Å². The van der Waals surface area contributed by atoms with E-state index in [2.05, 4.69) is 0 Å². The summed E-state index contributed by atoms with van der Waals surface area (Å²) in [6.45, 7) is 2.00. The van der Waals surface area contributed by atoms with Crippen molar-refractivity contribution in [1.29, 1.82) is 0 Å². The molecule has 6 nitrogen and oxygen atoms in total. The monoisotopic (exact) mass is 316 g/mol. The number of carbonyl (C=O) groups excluding carboxylic acids is 1. The molecule has 8 heteroatoms. The number of ether oxygens (including phenoxy) is 1. The first kappa shape index (κ1) is 15.7. The van der Waals surface area contributed by atoms with Gasteiger partial charge in [0.05, 0.1) is 12.3 Å². The zero-order valence-electron chi connectivity index (χ0n) is 11.6. The molecule has 21 heavy (non-hydrogen) atoms. The molecule has 0 aliphatic carbocycles. The molecule has 0 bridgehead atoms. The van der Waals surface area contributed by atoms with Gasteiger partial charge in [0.25, 0.3) is 0 Å². The molecule has 1 fully saturated rings. The summed E-state index contributed by atoms with van der Waals surface area (Å²) >= 11 is 0. The molecule has 1 aromatic rings. The number of nitrogen functional groups attached to an aromatic ring is 1. The standard InChI is InChI=1S/C13H17FN2O4S/c1-2-20-13(17)10-6-4-8-16(10)21(18,19)11-7-3-5-9(14)12(11)15/h3,5,7,10H,2,4,6,8,15H2,1H3. The first-order chi connectivity index (χ1) is 9.89. The molecule has 0 saturated carbocycles. The highest BCUT2D eigenvalue weighted by Gasteiger charge is 2.41. The molecule has 1 aliphatic rings. The van der Waals surface area contributed by atoms with E-state index in [-0.39, 0.29) is 18.0 Å². The van der Waals surface area contributed by atoms with Gasteiger partial charge in [-0.2, -0.15) is 4.31 Å². The number of hydrogen-bond donors (Lipinski definition) is 1. The molecular weight excluding hydrogens is 299 g/mol. The molecule has 1 atom stereocenters. The van der Waals surface area contributed by atoms with E-state index in [1.54, 1.807) is 6.92 Å². The lowest BCUT2D eigenvalue weighted by atomic mass is 10.2. The van der Waals surface area contributed by atoms with Gasteiger partial charge in [0.2, 0.25) is 10.0 Å². The summed E-state index contributed by atoms with van der Waals surface area (Å²) < 4.78 is 44.6. The molecule has 1 saturated heterocycles. The van der Waals surface area contributed by atoms with Crippen molar-refractivity contribution in [3.8, 4) is 0 Å². The second-order valence-corrected chi connectivity index (χ2v) is 6.54. The van der Waals surface area contributed by atoms with Crippen molar-refractivity contribution in [1.82, 2.24) is 4.31 Å². The number of sulfonamides is 1. The number of halogens is 1. The lowest BCUT2D eigenvalue weighted by Gasteiger charge is -2.23. The maximum Gasteiger partial charge on any atom is 0.324 e. The van der Waals surface area contributed by atoms with Crippen molar-refractivity contribution < 1.29 is 22.3 Å². The van der Waals surface area contributed by atoms with E-state index < -0.39 is 33.5 Å². The van der Waals surface area contributed by atoms with E-state index in [9.17, 15) is 17.6 Å². The first-order valence-electron chi connectivity index (χ1n) is 6.62. The van der Waals surface area contributed by atoms with E-state index in [0.717, 1.165) is 10.4 Å². The average Bonchev–Trinajstić information content (AvgIpc) is 2.92. The fourth-order valence-electron chi connectivity index (χ4n) is 2.37. The lowest BCUT2D eigenvalue weighted by molar-refractivity contribution is -0.146. The molecule has 2 rings (SSSR count). The summed E-state index contributed by atoms with van der Waals surface area (Å²) in [4.78, 5) is 11.5. The van der Waals surface area contributed by atoms with Gasteiger partial charge in [-0.15, -0.1) is 0 Å². The fourth-order valence-corrected chi connectivity index (χ4v) is 4.14. The molecule has 0 radical (unpaired) electrons. The van der Waals surface area contributed by atoms with Gasteiger partial charge in [0.15, 0.2) is 0 Å². The minimum absolute atomic E-state index is 0.172. The SMILES string of the molecule is CCOC(=O)C1CCCN1S(=O)(=O)c1cccc(F)c1N. The van der Waals surface area contributed by atoms with Gasteiger partial charge in [-0.05, 0) is 31.9 Å². The van der Waals surface area contributed by atoms with Crippen LogP contribution < -0.4 is 5.73 Å². The fraction of sp³-hybridized carbons (Fsp3) is 0.462. The summed E-state index contributed by atoms with van der Waals surface area (Å²) in [5.74, 6) is -1.39. The number of nitrogens with two attached hydrogens (primary N) is 1. The number of nitrogens with zero attached hydrogens (tertiary/aromatic N) is 1. The van der Waals surface area contributed by atoms with Crippen LogP contribution in [0.4, 0.5) is 10.1 Å². The molecule has 0 amide bonds. The lowest BCUT2D eigenvalue weighted by Crippen LogP contribution is -2.41. The van der Waals surface area contributed by atoms with Gasteiger partial charge in [-0.1, -0.05) is 6.07 Å². The maximum atomic E-state index is 13.5. The molecule has 0 aromatic heterocycles. The minimum Gasteiger partial charge on any atom is -0.465 e. The van der Waals surface area contributed by atoms with Crippen molar-refractivity contribution in [3.63, 3.8) is 0 Å². The Morgan fingerprint density at radius 1 is 1.52 bits per heavy atom. The van der Waals surface area contributed by atoms with E-state index in [4.69, 9.17) is 10.5 Å². The van der Waals surface area contributed by atoms with Crippen LogP contribution in [0.15, 0.2) is 23.1 Å². The van der Waals surface area contributed by atoms with Crippen LogP contribution in [0.2, 0.25) is 0 Å². The van der Waals surface area contributed by atoms with Crippen molar-refractivity contribution in [3.05, 3.63) is 24.0 Å². The molecule has 1 aliphatic heterocycles. The van der Waals surface area contributed by atoms with Crippen molar-refractivity contribution >= 4 is 21.7 Å². The molecule has 2 N–H and O–H groups in total. The predicted octanol–water partition coefficient (Wildman–Crippen LogP) is 1.12. The van der Waals surface area contributed by atoms with Gasteiger partial charge in [-0.25, -0.2) is 12.8 Å². The first-order valence-corrected chi connectivity index (χ1v) is 8.06. The Labute approximate surface area is 122 Å². The average molecular weight is 316 g/mol. The van der Waals surface area contributed by atoms with E-state index in [1.807, 2.05) is 0 Å². The number of para-hydroxylation sites is 1. The van der Waals surface area contributed by atoms with Crippen LogP contribution in [0.3, 0.4) is 0 Å². The highest BCUT2D eigenvalue weighted by atomic mass is 32.2. The summed E-state index contributed by atoms with van der Waals surface area (Å²) in [6, 6.07) is 2.71. The van der Waals surface area contributed by atoms with Crippen molar-refractivity contribution in [2.45, 2.75) is 30.7 Å². The van der Waals surface area contributed by atoms with Gasteiger partial charge in [-0.3, -0.25) is 4.79 Å². The highest BCUT2D eigenvalue weighted by Crippen LogP contribution is 2.30. The Hall–Kier alpha value is -1.67. The van der Waals surface area contributed by atoms with Gasteiger partial charge in [0, 0.05) is 6.54 Å². The molecule has 0 spiro atoms. The Bertz CT molecular complexity index is 648. The van der Waals surface area contributed by atoms with Crippen LogP contribution >= 0.6 is 0 Å². The highest BCUT2D eigenvalue weighted by molar-refractivity contribution is 7.89. The van der Waals surface area contributed by atoms with Gasteiger partial charge < -0.3 is 10.5 Å². The van der Waals surface area contributed by atoms with Gasteiger partial charge >= 0.3 is 5.97 Å². The summed E-state index contributed by atoms with van der Waals surface area (Å²) in [5.41, 5.74) is 5.08. The maximum absolute atomic E-state index is 13.5. The Kier molecular flexibility index (Phi) is 4.48. The smallest absolute Gasteiger partial charge is 0.324 e. The zero-order chi connectivity index (χ0) is 15.6. The van der Waals surface area contributed by atoms with E-state index in [1.165, 1.54) is 12.1 Å². The summed E-state index contributed by atoms with van der Waals surface area (Å²) in [6.07, 6.45) is 0.922. The second-order valence-electron chi connectivity index (χ2n) is 4.68. The molecule has 1 unspecified atom stereocenters. The third kappa shape index (κ3) is 2.86. The molecule has 116 valence electrons. The number of carbonyl (C=O) groups is 1. The number of rotatable bonds is 4. The predicted molar refractivity (Wildman–Crippen MR) is 74.4 cm³/mol. The second kappa shape index (κ2) is 5.98. The Morgan fingerprint density at radius 2 is 2.24 bits per heavy atom. The zero-order valence-corrected chi connectivity index (χ0v) is 12.4. The largest absolute Gasteiger partial charge is 0.465 e. The molecule has 1 aromatic carbocycles. The topological polar surface area (TPSA) is 89.7 Å². The van der Waals surface area contributed by atoms with Crippen LogP contribution in [-0.4, -0.2) is 37.9 Å². The summed E-state index contributed by atoms with van der Waals surface area (Å²) in [7, 11) is -4.04. The third-order valence-corrected chi connectivity index (χ3v) is 5.33. The van der Waals surface area contributed by atoms with Crippen LogP contribution in [0.1, 0.15) is 19.8 Å². The van der Waals surface area contributed by atoms with Crippen LogP contribution in [0, 0.1) is 5.82 Å². The number of hydrogen-bond acceptors (Lipinski definition) is 5. The number of anilines is 1. The molecule has 1 heterocycles. The Balaban J connectivity index is 2.39. The van der Waals surface area contributed by atoms with Gasteiger partial charge in [0.1, 0.15) is 16.8 Å². The van der Waals surface area contributed by atoms with E-state index in [0.29, 0.717) is 12.8 Å². The molecular formula is C13H17FN2O4S. The number of esters is 1. The van der Waals surface area contributed by atoms with E-state index >= 15 is 0 Å². The minimum atomic E-state index is -4.04. The number of benzene rings is 1. The van der Waals surface area contributed by atoms with Crippen LogP contribution in [-0.2, 0) is 19.6 Å². The van der Waals surface area contributed by atoms with Crippen molar-refractivity contribution in [2.75, 3.05) is 18.9 Å². The Morgan fingerprint density at radius 3 is 2.90 bits per heavy atom.